The zero-order chi connectivity index (χ0) is 12.3. The molecule has 0 radical (unpaired) electrons. The van der Waals surface area contributed by atoms with Crippen molar-refractivity contribution in [3.8, 4) is 0 Å². The van der Waals surface area contributed by atoms with Crippen LogP contribution in [0.2, 0.25) is 0 Å². The van der Waals surface area contributed by atoms with Crippen molar-refractivity contribution in [1.82, 2.24) is 4.90 Å². The molecule has 0 aliphatic carbocycles. The molecule has 3 nitrogen and oxygen atoms in total. The summed E-state index contributed by atoms with van der Waals surface area (Å²) >= 11 is 0. The largest absolute Gasteiger partial charge is 0.387 e. The monoisotopic (exact) mass is 235 g/mol. The summed E-state index contributed by atoms with van der Waals surface area (Å²) in [6.45, 7) is 2.64. The Balaban J connectivity index is 1.88. The molecular formula is C13H18FN3. The van der Waals surface area contributed by atoms with Crippen molar-refractivity contribution >= 4 is 5.84 Å². The number of likely N-dealkylation sites (tertiary alicyclic amines) is 1. The zero-order valence-corrected chi connectivity index (χ0v) is 9.82. The summed E-state index contributed by atoms with van der Waals surface area (Å²) < 4.78 is 13.0. The fourth-order valence-electron chi connectivity index (χ4n) is 2.30. The minimum atomic E-state index is -0.180. The van der Waals surface area contributed by atoms with Crippen LogP contribution >= 0.6 is 0 Å². The van der Waals surface area contributed by atoms with Crippen LogP contribution in [0.4, 0.5) is 4.39 Å². The van der Waals surface area contributed by atoms with E-state index < -0.39 is 0 Å². The standard InChI is InChI=1S/C13H18FN3/c14-12-3-1-2-10(8-12)9-17-6-4-11(5-7-17)13(15)16/h1-3,8,11H,4-7,9H2,(H3,15,16). The second kappa shape index (κ2) is 5.27. The van der Waals surface area contributed by atoms with Crippen LogP contribution < -0.4 is 5.73 Å². The maximum absolute atomic E-state index is 13.0. The maximum atomic E-state index is 13.0. The number of piperidine rings is 1. The Kier molecular flexibility index (Phi) is 3.74. The van der Waals surface area contributed by atoms with Crippen LogP contribution in [0.15, 0.2) is 24.3 Å². The van der Waals surface area contributed by atoms with Crippen LogP contribution in [0.5, 0.6) is 0 Å². The molecule has 1 fully saturated rings. The van der Waals surface area contributed by atoms with Crippen LogP contribution in [0, 0.1) is 17.1 Å². The van der Waals surface area contributed by atoms with Crippen LogP contribution in [-0.4, -0.2) is 23.8 Å². The Hall–Kier alpha value is -1.42. The number of hydrogen-bond acceptors (Lipinski definition) is 2. The molecule has 1 heterocycles. The van der Waals surface area contributed by atoms with Gasteiger partial charge in [0.1, 0.15) is 5.82 Å². The Morgan fingerprint density at radius 3 is 2.71 bits per heavy atom. The summed E-state index contributed by atoms with van der Waals surface area (Å²) in [5.74, 6) is 0.357. The highest BCUT2D eigenvalue weighted by Crippen LogP contribution is 2.18. The predicted octanol–water partition coefficient (Wildman–Crippen LogP) is 1.97. The first kappa shape index (κ1) is 12.0. The molecule has 0 saturated carbocycles. The average Bonchev–Trinajstić information content (AvgIpc) is 2.29. The second-order valence-corrected chi connectivity index (χ2v) is 4.64. The van der Waals surface area contributed by atoms with Crippen molar-refractivity contribution in [1.29, 1.82) is 5.41 Å². The van der Waals surface area contributed by atoms with E-state index in [-0.39, 0.29) is 11.7 Å². The summed E-state index contributed by atoms with van der Waals surface area (Å²) in [5.41, 5.74) is 6.51. The molecule has 1 aromatic rings. The normalized spacial score (nSPS) is 18.2. The smallest absolute Gasteiger partial charge is 0.123 e. The van der Waals surface area contributed by atoms with Gasteiger partial charge in [-0.05, 0) is 43.6 Å². The van der Waals surface area contributed by atoms with Crippen molar-refractivity contribution < 1.29 is 4.39 Å². The first-order valence-corrected chi connectivity index (χ1v) is 5.96. The lowest BCUT2D eigenvalue weighted by molar-refractivity contribution is 0.201. The molecule has 0 spiro atoms. The van der Waals surface area contributed by atoms with Crippen molar-refractivity contribution in [3.63, 3.8) is 0 Å². The van der Waals surface area contributed by atoms with Gasteiger partial charge in [0.2, 0.25) is 0 Å². The third-order valence-electron chi connectivity index (χ3n) is 3.32. The number of hydrogen-bond donors (Lipinski definition) is 2. The van der Waals surface area contributed by atoms with Gasteiger partial charge in [0, 0.05) is 12.5 Å². The minimum Gasteiger partial charge on any atom is -0.387 e. The summed E-state index contributed by atoms with van der Waals surface area (Å²) in [6, 6.07) is 6.73. The van der Waals surface area contributed by atoms with Crippen LogP contribution in [0.3, 0.4) is 0 Å². The fourth-order valence-corrected chi connectivity index (χ4v) is 2.30. The predicted molar refractivity (Wildman–Crippen MR) is 66.3 cm³/mol. The van der Waals surface area contributed by atoms with E-state index >= 15 is 0 Å². The molecule has 0 bridgehead atoms. The summed E-state index contributed by atoms with van der Waals surface area (Å²) in [6.07, 6.45) is 1.87. The minimum absolute atomic E-state index is 0.180. The van der Waals surface area contributed by atoms with Gasteiger partial charge in [-0.15, -0.1) is 0 Å². The van der Waals surface area contributed by atoms with Crippen molar-refractivity contribution in [2.45, 2.75) is 19.4 Å². The molecule has 2 rings (SSSR count). The number of amidine groups is 1. The van der Waals surface area contributed by atoms with E-state index in [1.807, 2.05) is 6.07 Å². The molecule has 0 atom stereocenters. The molecule has 1 aliphatic rings. The Bertz CT molecular complexity index is 397. The van der Waals surface area contributed by atoms with Crippen molar-refractivity contribution in [2.75, 3.05) is 13.1 Å². The molecule has 0 unspecified atom stereocenters. The third-order valence-corrected chi connectivity index (χ3v) is 3.32. The molecule has 1 aromatic carbocycles. The number of benzene rings is 1. The van der Waals surface area contributed by atoms with Crippen molar-refractivity contribution in [3.05, 3.63) is 35.6 Å². The van der Waals surface area contributed by atoms with Gasteiger partial charge in [0.05, 0.1) is 5.84 Å². The second-order valence-electron chi connectivity index (χ2n) is 4.64. The van der Waals surface area contributed by atoms with Crippen LogP contribution in [-0.2, 0) is 6.54 Å². The summed E-state index contributed by atoms with van der Waals surface area (Å²) in [4.78, 5) is 2.29. The van der Waals surface area contributed by atoms with E-state index in [1.54, 1.807) is 12.1 Å². The SMILES string of the molecule is N=C(N)C1CCN(Cc2cccc(F)c2)CC1. The quantitative estimate of drug-likeness (QED) is 0.621. The number of rotatable bonds is 3. The zero-order valence-electron chi connectivity index (χ0n) is 9.82. The van der Waals surface area contributed by atoms with E-state index in [2.05, 4.69) is 4.90 Å². The number of halogens is 1. The van der Waals surface area contributed by atoms with E-state index in [1.165, 1.54) is 6.07 Å². The highest BCUT2D eigenvalue weighted by Gasteiger charge is 2.20. The molecule has 4 heteroatoms. The Morgan fingerprint density at radius 2 is 2.12 bits per heavy atom. The number of nitrogens with zero attached hydrogens (tertiary/aromatic N) is 1. The van der Waals surface area contributed by atoms with E-state index in [0.29, 0.717) is 5.84 Å². The highest BCUT2D eigenvalue weighted by molar-refractivity contribution is 5.79. The Labute approximate surface area is 101 Å². The Morgan fingerprint density at radius 1 is 1.41 bits per heavy atom. The van der Waals surface area contributed by atoms with Gasteiger partial charge >= 0.3 is 0 Å². The molecule has 17 heavy (non-hydrogen) atoms. The average molecular weight is 235 g/mol. The van der Waals surface area contributed by atoms with E-state index in [0.717, 1.165) is 38.0 Å². The molecule has 0 amide bonds. The van der Waals surface area contributed by atoms with Gasteiger partial charge in [-0.1, -0.05) is 12.1 Å². The van der Waals surface area contributed by atoms with E-state index in [4.69, 9.17) is 11.1 Å². The first-order valence-electron chi connectivity index (χ1n) is 5.96. The molecule has 92 valence electrons. The van der Waals surface area contributed by atoms with Gasteiger partial charge in [-0.3, -0.25) is 10.3 Å². The maximum Gasteiger partial charge on any atom is 0.123 e. The van der Waals surface area contributed by atoms with Crippen LogP contribution in [0.1, 0.15) is 18.4 Å². The number of nitrogens with two attached hydrogens (primary N) is 1. The van der Waals surface area contributed by atoms with E-state index in [9.17, 15) is 4.39 Å². The molecule has 0 aromatic heterocycles. The number of nitrogens with one attached hydrogen (secondary N) is 1. The van der Waals surface area contributed by atoms with Gasteiger partial charge in [-0.2, -0.15) is 0 Å². The van der Waals surface area contributed by atoms with Crippen LogP contribution in [0.25, 0.3) is 0 Å². The summed E-state index contributed by atoms with van der Waals surface area (Å²) in [5, 5.41) is 7.41. The first-order chi connectivity index (χ1) is 8.15. The highest BCUT2D eigenvalue weighted by atomic mass is 19.1. The lowest BCUT2D eigenvalue weighted by Gasteiger charge is -2.31. The van der Waals surface area contributed by atoms with Gasteiger partial charge in [0.15, 0.2) is 0 Å². The lowest BCUT2D eigenvalue weighted by atomic mass is 9.95. The fraction of sp³-hybridized carbons (Fsp3) is 0.462. The lowest BCUT2D eigenvalue weighted by Crippen LogP contribution is -2.37. The molecular weight excluding hydrogens is 217 g/mol. The molecule has 1 aliphatic heterocycles. The third kappa shape index (κ3) is 3.27. The van der Waals surface area contributed by atoms with Crippen molar-refractivity contribution in [2.24, 2.45) is 11.7 Å². The van der Waals surface area contributed by atoms with Gasteiger partial charge < -0.3 is 5.73 Å². The molecule has 3 N–H and O–H groups in total. The molecule has 1 saturated heterocycles. The van der Waals surface area contributed by atoms with Gasteiger partial charge in [-0.25, -0.2) is 4.39 Å². The topological polar surface area (TPSA) is 53.1 Å². The van der Waals surface area contributed by atoms with Gasteiger partial charge in [0.25, 0.3) is 0 Å². The summed E-state index contributed by atoms with van der Waals surface area (Å²) in [7, 11) is 0.